The van der Waals surface area contributed by atoms with E-state index in [1.54, 1.807) is 226 Å². The Bertz CT molecular complexity index is 6440. The molecular formula is C62H2O2. The lowest BCUT2D eigenvalue weighted by Gasteiger charge is -2.47. The van der Waals surface area contributed by atoms with E-state index >= 15 is 4.79 Å². The molecule has 0 atom stereocenters. The first kappa shape index (κ1) is 22.3. The molecule has 28 aromatic carbocycles. The second kappa shape index (κ2) is 4.77. The largest absolute Gasteiger partial charge is 0.448 e. The van der Waals surface area contributed by atoms with Crippen molar-refractivity contribution in [3.05, 3.63) is 22.3 Å². The van der Waals surface area contributed by atoms with Gasteiger partial charge in [-0.2, -0.15) is 0 Å². The molecule has 1 heterocycles. The van der Waals surface area contributed by atoms with Crippen LogP contribution in [0.1, 0.15) is 28.7 Å². The van der Waals surface area contributed by atoms with E-state index in [-0.39, 0.29) is 5.97 Å². The van der Waals surface area contributed by atoms with Crippen molar-refractivity contribution in [2.45, 2.75) is 17.4 Å². The maximum Gasteiger partial charge on any atom is 0.308 e. The van der Waals surface area contributed by atoms with Crippen molar-refractivity contribution in [1.29, 1.82) is 0 Å². The highest BCUT2D eigenvalue weighted by Gasteiger charge is 2.75. The smallest absolute Gasteiger partial charge is 0.308 e. The van der Waals surface area contributed by atoms with E-state index in [4.69, 9.17) is 4.74 Å². The van der Waals surface area contributed by atoms with Crippen molar-refractivity contribution in [1.82, 2.24) is 0 Å². The number of carbonyl (C=O) groups is 1. The summed E-state index contributed by atoms with van der Waals surface area (Å²) in [6, 6.07) is 0. The Hall–Kier alpha value is -8.07. The Morgan fingerprint density at radius 1 is 0.203 bits per heavy atom. The number of esters is 1. The molecule has 33 rings (SSSR count). The zero-order valence-electron chi connectivity index (χ0n) is 32.0. The van der Waals surface area contributed by atoms with Gasteiger partial charge in [-0.3, -0.25) is 4.79 Å². The molecule has 4 aliphatic carbocycles. The van der Waals surface area contributed by atoms with E-state index in [1.807, 2.05) is 0 Å². The van der Waals surface area contributed by atoms with E-state index in [0.717, 1.165) is 0 Å². The van der Waals surface area contributed by atoms with Crippen LogP contribution < -0.4 is 0 Å². The first-order valence-corrected chi connectivity index (χ1v) is 23.8. The summed E-state index contributed by atoms with van der Waals surface area (Å²) >= 11 is 0. The SMILES string of the molecule is O=C1CC23c4c5c6c7c8c9c(c%10c%11c2c2c4c4c%12c5c5c6c6c8c8c%13c9c9c%10c%10c%11c%11c2c2c4c4c%12c%12c5c5c6c8c6c8c%13c9c9c%10c%10c%11c2c2c4c4c%12c5c6c5c8c9c%10c2c45)C73O1. The monoisotopic (exact) mass is 778 g/mol. The molecule has 1 saturated heterocycles. The molecule has 0 N–H and O–H groups in total. The molecule has 2 heteroatoms. The van der Waals surface area contributed by atoms with Crippen LogP contribution in [0.3, 0.4) is 0 Å². The van der Waals surface area contributed by atoms with Crippen LogP contribution in [-0.4, -0.2) is 5.97 Å². The van der Waals surface area contributed by atoms with E-state index in [2.05, 4.69) is 0 Å². The molecule has 2 spiro atoms. The van der Waals surface area contributed by atoms with E-state index in [1.165, 1.54) is 86.9 Å². The normalized spacial score (nSPS) is 23.5. The van der Waals surface area contributed by atoms with Crippen LogP contribution in [0.15, 0.2) is 0 Å². The minimum absolute atomic E-state index is 0.00926. The van der Waals surface area contributed by atoms with Crippen molar-refractivity contribution in [2.75, 3.05) is 0 Å². The molecule has 0 saturated carbocycles. The van der Waals surface area contributed by atoms with E-state index in [9.17, 15) is 0 Å². The second-order valence-corrected chi connectivity index (χ2v) is 24.0. The number of hydrogen-bond acceptors (Lipinski definition) is 2. The summed E-state index contributed by atoms with van der Waals surface area (Å²) in [6.45, 7) is 0. The maximum atomic E-state index is 15.3. The fourth-order valence-electron chi connectivity index (χ4n) is 24.3. The lowest BCUT2D eigenvalue weighted by molar-refractivity contribution is -0.146. The Kier molecular flexibility index (Phi) is 1.67. The molecule has 0 aromatic heterocycles. The average molecular weight is 779 g/mol. The van der Waals surface area contributed by atoms with Gasteiger partial charge in [-0.05, 0) is 302 Å². The van der Waals surface area contributed by atoms with E-state index < -0.39 is 11.0 Å². The summed E-state index contributed by atoms with van der Waals surface area (Å²) in [5, 5.41) is 85.0. The lowest BCUT2D eigenvalue weighted by atomic mass is 9.54. The van der Waals surface area contributed by atoms with Crippen LogP contribution in [0.4, 0.5) is 0 Å². The minimum Gasteiger partial charge on any atom is -0.448 e. The Morgan fingerprint density at radius 2 is 0.344 bits per heavy atom. The lowest BCUT2D eigenvalue weighted by Crippen LogP contribution is -2.48. The number of benzene rings is 18. The van der Waals surface area contributed by atoms with Crippen molar-refractivity contribution in [3.63, 3.8) is 0 Å². The summed E-state index contributed by atoms with van der Waals surface area (Å²) in [6.07, 6.45) is 0.433. The van der Waals surface area contributed by atoms with Crippen LogP contribution in [-0.2, 0) is 20.5 Å². The standard InChI is InChI=1S/C62H2O2/c63-2-1-61-57-49-41-31-21-13-5-3-4-7-11-9(5)17-25-19(11)29-23-15(7)16-8(4)12-10-6(3)14(13)22-28-18(10)26-20(12)30-24(16)34-33(23)45-39(29)47-37(25)43(35(41)27(17)21)51(57)53(47)59-55(45)56-46(34)40(30)48-38(26)44-36(28)42(32(22)31)50(49)58(61)52(44)54(48)60(56)62(59,61)64-2/h1H2. The zero-order chi connectivity index (χ0) is 37.5. The number of hydrogen-bond donors (Lipinski definition) is 0. The summed E-state index contributed by atoms with van der Waals surface area (Å²) in [7, 11) is 0. The molecule has 0 unspecified atom stereocenters. The van der Waals surface area contributed by atoms with Gasteiger partial charge in [0.15, 0.2) is 5.60 Å². The molecule has 1 fully saturated rings. The Morgan fingerprint density at radius 3 is 0.516 bits per heavy atom. The van der Waals surface area contributed by atoms with Gasteiger partial charge >= 0.3 is 5.97 Å². The molecular weight excluding hydrogens is 777 g/mol. The highest BCUT2D eigenvalue weighted by molar-refractivity contribution is 6.82. The van der Waals surface area contributed by atoms with Crippen molar-refractivity contribution in [3.8, 4) is 0 Å². The van der Waals surface area contributed by atoms with Gasteiger partial charge < -0.3 is 4.74 Å². The van der Waals surface area contributed by atoms with Gasteiger partial charge in [0.25, 0.3) is 0 Å². The summed E-state index contributed by atoms with van der Waals surface area (Å²) in [5.41, 5.74) is 4.36. The van der Waals surface area contributed by atoms with Crippen LogP contribution in [0.2, 0.25) is 0 Å². The molecule has 64 heavy (non-hydrogen) atoms. The molecule has 0 bridgehead atoms. The third-order valence-corrected chi connectivity index (χ3v) is 24.1. The molecule has 262 valence electrons. The van der Waals surface area contributed by atoms with Crippen LogP contribution in [0.25, 0.3) is 291 Å². The fraction of sp³-hybridized carbons (Fsp3) is 0.0484. The molecule has 1 aliphatic heterocycles. The third kappa shape index (κ3) is 1.07. The average Bonchev–Trinajstić information content (AvgIpc) is 4.13. The highest BCUT2D eigenvalue weighted by Crippen LogP contribution is 2.85. The summed E-state index contributed by atoms with van der Waals surface area (Å²) < 4.78 is 7.71. The maximum absolute atomic E-state index is 15.3. The summed E-state index contributed by atoms with van der Waals surface area (Å²) in [4.78, 5) is 15.3. The van der Waals surface area contributed by atoms with E-state index in [0.29, 0.717) is 6.42 Å². The van der Waals surface area contributed by atoms with Gasteiger partial charge in [0.05, 0.1) is 11.8 Å². The molecule has 0 amide bonds. The fourth-order valence-corrected chi connectivity index (χ4v) is 24.3. The van der Waals surface area contributed by atoms with Crippen LogP contribution >= 0.6 is 0 Å². The third-order valence-electron chi connectivity index (χ3n) is 24.1. The van der Waals surface area contributed by atoms with Crippen molar-refractivity contribution >= 4 is 297 Å². The van der Waals surface area contributed by atoms with Gasteiger partial charge in [-0.1, -0.05) is 0 Å². The second-order valence-electron chi connectivity index (χ2n) is 24.0. The molecule has 0 radical (unpaired) electrons. The molecule has 2 nitrogen and oxygen atoms in total. The van der Waals surface area contributed by atoms with Gasteiger partial charge in [0.1, 0.15) is 0 Å². The summed E-state index contributed by atoms with van der Waals surface area (Å²) in [5.74, 6) is 0.00926. The first-order chi connectivity index (χ1) is 31.8. The predicted octanol–water partition coefficient (Wildman–Crippen LogP) is 16.2. The van der Waals surface area contributed by atoms with Gasteiger partial charge in [-0.25, -0.2) is 0 Å². The van der Waals surface area contributed by atoms with Gasteiger partial charge in [-0.15, -0.1) is 0 Å². The quantitative estimate of drug-likeness (QED) is 0.113. The van der Waals surface area contributed by atoms with Crippen molar-refractivity contribution in [2.24, 2.45) is 0 Å². The van der Waals surface area contributed by atoms with Gasteiger partial charge in [0, 0.05) is 11.1 Å². The molecule has 5 aliphatic rings. The predicted molar refractivity (Wildman–Crippen MR) is 265 cm³/mol. The zero-order valence-corrected chi connectivity index (χ0v) is 32.0. The Balaban J connectivity index is 1.29. The topological polar surface area (TPSA) is 26.3 Å². The highest BCUT2D eigenvalue weighted by atomic mass is 16.6. The number of carbonyl (C=O) groups excluding carboxylic acids is 1. The number of rotatable bonds is 0. The van der Waals surface area contributed by atoms with Gasteiger partial charge in [0.2, 0.25) is 0 Å². The Labute approximate surface area is 344 Å². The number of ether oxygens (including phenoxy) is 1. The van der Waals surface area contributed by atoms with Crippen LogP contribution in [0, 0.1) is 0 Å². The first-order valence-electron chi connectivity index (χ1n) is 23.8. The van der Waals surface area contributed by atoms with Crippen molar-refractivity contribution < 1.29 is 9.53 Å². The minimum atomic E-state index is -0.880. The molecule has 28 aromatic rings. The van der Waals surface area contributed by atoms with Crippen LogP contribution in [0.5, 0.6) is 0 Å².